The number of aryl methyl sites for hydroxylation is 1. The van der Waals surface area contributed by atoms with Crippen LogP contribution in [-0.4, -0.2) is 30.1 Å². The molecule has 0 radical (unpaired) electrons. The van der Waals surface area contributed by atoms with E-state index >= 15 is 0 Å². The third-order valence-corrected chi connectivity index (χ3v) is 5.24. The van der Waals surface area contributed by atoms with Crippen LogP contribution in [-0.2, 0) is 4.79 Å². The molecule has 1 aromatic heterocycles. The average molecular weight is 345 g/mol. The first-order chi connectivity index (χ1) is 11.6. The molecule has 1 unspecified atom stereocenters. The molecule has 1 aromatic carbocycles. The van der Waals surface area contributed by atoms with Crippen LogP contribution in [0.5, 0.6) is 5.75 Å². The number of carbonyl (C=O) groups excluding carboxylic acids is 1. The van der Waals surface area contributed by atoms with E-state index in [2.05, 4.69) is 15.6 Å². The Kier molecular flexibility index (Phi) is 5.48. The van der Waals surface area contributed by atoms with Crippen molar-refractivity contribution >= 4 is 22.4 Å². The number of ether oxygens (including phenoxy) is 1. The van der Waals surface area contributed by atoms with Gasteiger partial charge in [-0.25, -0.2) is 4.98 Å². The van der Waals surface area contributed by atoms with Gasteiger partial charge in [-0.1, -0.05) is 12.1 Å². The molecule has 1 amide bonds. The second kappa shape index (κ2) is 7.77. The second-order valence-electron chi connectivity index (χ2n) is 6.16. The highest BCUT2D eigenvalue weighted by Gasteiger charge is 2.20. The van der Waals surface area contributed by atoms with Crippen molar-refractivity contribution in [1.82, 2.24) is 10.3 Å². The standard InChI is InChI=1S/C18H23N3O2S/c1-12-4-3-5-15(10-12)23-13(2)17(22)21-18-20-11-16(24-18)14-6-8-19-9-7-14/h3-5,10-11,13-14,19H,6-9H2,1-2H3,(H,20,21,22). The van der Waals surface area contributed by atoms with Crippen LogP contribution in [0.4, 0.5) is 5.13 Å². The van der Waals surface area contributed by atoms with E-state index in [9.17, 15) is 4.79 Å². The summed E-state index contributed by atoms with van der Waals surface area (Å²) in [6.45, 7) is 5.84. The molecule has 0 spiro atoms. The van der Waals surface area contributed by atoms with E-state index in [1.165, 1.54) is 4.88 Å². The highest BCUT2D eigenvalue weighted by Crippen LogP contribution is 2.31. The van der Waals surface area contributed by atoms with E-state index in [1.54, 1.807) is 18.3 Å². The quantitative estimate of drug-likeness (QED) is 0.872. The molecule has 5 nitrogen and oxygen atoms in total. The number of benzene rings is 1. The first kappa shape index (κ1) is 16.9. The summed E-state index contributed by atoms with van der Waals surface area (Å²) < 4.78 is 5.71. The molecule has 2 aromatic rings. The van der Waals surface area contributed by atoms with Crippen molar-refractivity contribution in [1.29, 1.82) is 0 Å². The van der Waals surface area contributed by atoms with Crippen LogP contribution in [0.25, 0.3) is 0 Å². The Morgan fingerprint density at radius 1 is 1.42 bits per heavy atom. The monoisotopic (exact) mass is 345 g/mol. The van der Waals surface area contributed by atoms with E-state index < -0.39 is 6.10 Å². The van der Waals surface area contributed by atoms with Crippen molar-refractivity contribution < 1.29 is 9.53 Å². The number of thiazole rings is 1. The summed E-state index contributed by atoms with van der Waals surface area (Å²) in [6.07, 6.45) is 3.57. The van der Waals surface area contributed by atoms with Crippen molar-refractivity contribution in [2.45, 2.75) is 38.7 Å². The van der Waals surface area contributed by atoms with E-state index in [0.717, 1.165) is 31.5 Å². The third-order valence-electron chi connectivity index (χ3n) is 4.17. The van der Waals surface area contributed by atoms with Gasteiger partial charge in [-0.2, -0.15) is 0 Å². The van der Waals surface area contributed by atoms with Gasteiger partial charge in [-0.05, 0) is 63.4 Å². The lowest BCUT2D eigenvalue weighted by molar-refractivity contribution is -0.122. The second-order valence-corrected chi connectivity index (χ2v) is 7.22. The van der Waals surface area contributed by atoms with Crippen molar-refractivity contribution in [3.05, 3.63) is 40.9 Å². The van der Waals surface area contributed by atoms with E-state index in [1.807, 2.05) is 37.4 Å². The van der Waals surface area contributed by atoms with Crippen molar-refractivity contribution in [2.75, 3.05) is 18.4 Å². The Bertz CT molecular complexity index is 695. The number of aromatic nitrogens is 1. The SMILES string of the molecule is Cc1cccc(OC(C)C(=O)Nc2ncc(C3CCNCC3)s2)c1. The maximum Gasteiger partial charge on any atom is 0.266 e. The average Bonchev–Trinajstić information content (AvgIpc) is 3.04. The minimum absolute atomic E-state index is 0.178. The van der Waals surface area contributed by atoms with E-state index in [4.69, 9.17) is 4.74 Å². The topological polar surface area (TPSA) is 63.2 Å². The van der Waals surface area contributed by atoms with Gasteiger partial charge in [0.25, 0.3) is 5.91 Å². The van der Waals surface area contributed by atoms with Gasteiger partial charge in [0.15, 0.2) is 11.2 Å². The molecule has 1 atom stereocenters. The molecule has 2 heterocycles. The summed E-state index contributed by atoms with van der Waals surface area (Å²) in [5.41, 5.74) is 1.10. The van der Waals surface area contributed by atoms with Crippen LogP contribution < -0.4 is 15.4 Å². The zero-order valence-corrected chi connectivity index (χ0v) is 14.9. The van der Waals surface area contributed by atoms with E-state index in [-0.39, 0.29) is 5.91 Å². The largest absolute Gasteiger partial charge is 0.481 e. The molecule has 1 aliphatic rings. The fourth-order valence-corrected chi connectivity index (χ4v) is 3.78. The highest BCUT2D eigenvalue weighted by atomic mass is 32.1. The number of carbonyl (C=O) groups is 1. The zero-order valence-electron chi connectivity index (χ0n) is 14.0. The molecule has 6 heteroatoms. The molecule has 0 bridgehead atoms. The number of hydrogen-bond acceptors (Lipinski definition) is 5. The van der Waals surface area contributed by atoms with Crippen LogP contribution in [0, 0.1) is 6.92 Å². The Morgan fingerprint density at radius 2 is 2.21 bits per heavy atom. The lowest BCUT2D eigenvalue weighted by atomic mass is 9.97. The Balaban J connectivity index is 1.57. The molecule has 1 saturated heterocycles. The van der Waals surface area contributed by atoms with Crippen LogP contribution >= 0.6 is 11.3 Å². The van der Waals surface area contributed by atoms with Crippen molar-refractivity contribution in [2.24, 2.45) is 0 Å². The normalized spacial score (nSPS) is 16.6. The number of nitrogens with zero attached hydrogens (tertiary/aromatic N) is 1. The van der Waals surface area contributed by atoms with Gasteiger partial charge in [0.05, 0.1) is 0 Å². The van der Waals surface area contributed by atoms with E-state index in [0.29, 0.717) is 16.8 Å². The molecule has 0 saturated carbocycles. The number of nitrogens with one attached hydrogen (secondary N) is 2. The van der Waals surface area contributed by atoms with Gasteiger partial charge in [0.2, 0.25) is 0 Å². The minimum atomic E-state index is -0.571. The maximum absolute atomic E-state index is 12.3. The zero-order chi connectivity index (χ0) is 16.9. The molecule has 0 aliphatic carbocycles. The number of piperidine rings is 1. The van der Waals surface area contributed by atoms with Crippen molar-refractivity contribution in [3.63, 3.8) is 0 Å². The highest BCUT2D eigenvalue weighted by molar-refractivity contribution is 7.15. The summed E-state index contributed by atoms with van der Waals surface area (Å²) in [4.78, 5) is 17.9. The van der Waals surface area contributed by atoms with Gasteiger partial charge < -0.3 is 10.1 Å². The lowest BCUT2D eigenvalue weighted by Crippen LogP contribution is -2.30. The molecular weight excluding hydrogens is 322 g/mol. The predicted octanol–water partition coefficient (Wildman–Crippen LogP) is 3.32. The summed E-state index contributed by atoms with van der Waals surface area (Å²) >= 11 is 1.57. The van der Waals surface area contributed by atoms with Gasteiger partial charge in [-0.15, -0.1) is 11.3 Å². The summed E-state index contributed by atoms with van der Waals surface area (Å²) in [5.74, 6) is 1.07. The first-order valence-electron chi connectivity index (χ1n) is 8.32. The smallest absolute Gasteiger partial charge is 0.266 e. The van der Waals surface area contributed by atoms with Gasteiger partial charge in [0.1, 0.15) is 5.75 Å². The fourth-order valence-electron chi connectivity index (χ4n) is 2.79. The molecule has 1 aliphatic heterocycles. The minimum Gasteiger partial charge on any atom is -0.481 e. The number of amides is 1. The van der Waals surface area contributed by atoms with Crippen LogP contribution in [0.1, 0.15) is 36.1 Å². The molecular formula is C18H23N3O2S. The number of rotatable bonds is 5. The number of hydrogen-bond donors (Lipinski definition) is 2. The summed E-state index contributed by atoms with van der Waals surface area (Å²) in [6, 6.07) is 7.69. The van der Waals surface area contributed by atoms with Crippen molar-refractivity contribution in [3.8, 4) is 5.75 Å². The maximum atomic E-state index is 12.3. The molecule has 3 rings (SSSR count). The first-order valence-corrected chi connectivity index (χ1v) is 9.14. The Morgan fingerprint density at radius 3 is 2.96 bits per heavy atom. The Hall–Kier alpha value is -1.92. The lowest BCUT2D eigenvalue weighted by Gasteiger charge is -2.20. The van der Waals surface area contributed by atoms with Gasteiger partial charge in [0, 0.05) is 11.1 Å². The molecule has 1 fully saturated rings. The van der Waals surface area contributed by atoms with Gasteiger partial charge in [-0.3, -0.25) is 10.1 Å². The number of anilines is 1. The molecule has 2 N–H and O–H groups in total. The predicted molar refractivity (Wildman–Crippen MR) is 96.9 cm³/mol. The summed E-state index contributed by atoms with van der Waals surface area (Å²) in [5, 5.41) is 6.87. The molecule has 128 valence electrons. The summed E-state index contributed by atoms with van der Waals surface area (Å²) in [7, 11) is 0. The van der Waals surface area contributed by atoms with Crippen LogP contribution in [0.3, 0.4) is 0 Å². The fraction of sp³-hybridized carbons (Fsp3) is 0.444. The van der Waals surface area contributed by atoms with Crippen LogP contribution in [0.15, 0.2) is 30.5 Å². The van der Waals surface area contributed by atoms with Gasteiger partial charge >= 0.3 is 0 Å². The van der Waals surface area contributed by atoms with Crippen LogP contribution in [0.2, 0.25) is 0 Å². The third kappa shape index (κ3) is 4.33. The Labute approximate surface area is 146 Å². The molecule has 24 heavy (non-hydrogen) atoms.